The van der Waals surface area contributed by atoms with E-state index in [1.807, 2.05) is 12.1 Å². The first-order valence-corrected chi connectivity index (χ1v) is 10.9. The third-order valence-corrected chi connectivity index (χ3v) is 5.88. The molecule has 2 aromatic carbocycles. The number of rotatable bonds is 10. The largest absolute Gasteiger partial charge is 1.00 e. The molecule has 0 amide bonds. The Labute approximate surface area is 190 Å². The zero-order valence-corrected chi connectivity index (χ0v) is 19.4. The summed E-state index contributed by atoms with van der Waals surface area (Å²) in [5.74, 6) is 0.414. The molecule has 0 aliphatic carbocycles. The van der Waals surface area contributed by atoms with Crippen LogP contribution in [0.4, 0.5) is 8.78 Å². The maximum absolute atomic E-state index is 14.3. The number of nitrogens with zero attached hydrogens (tertiary/aromatic N) is 1. The van der Waals surface area contributed by atoms with Gasteiger partial charge in [-0.1, -0.05) is 38.7 Å². The van der Waals surface area contributed by atoms with E-state index in [2.05, 4.69) is 11.5 Å². The Bertz CT molecular complexity index is 894. The topological polar surface area (TPSA) is 21.5 Å². The van der Waals surface area contributed by atoms with Gasteiger partial charge in [0.2, 0.25) is 0 Å². The summed E-state index contributed by atoms with van der Waals surface area (Å²) in [7, 11) is 3.27. The second-order valence-electron chi connectivity index (χ2n) is 7.85. The molecule has 0 saturated heterocycles. The van der Waals surface area contributed by atoms with Crippen LogP contribution in [0.2, 0.25) is 0 Å². The predicted molar refractivity (Wildman–Crippen MR) is 116 cm³/mol. The fourth-order valence-corrected chi connectivity index (χ4v) is 4.19. The number of hydrogen-bond donors (Lipinski definition) is 0. The number of hydrogen-bond acceptors (Lipinski definition) is 2. The molecule has 0 N–H and O–H groups in total. The van der Waals surface area contributed by atoms with Gasteiger partial charge in [-0.05, 0) is 36.2 Å². The second kappa shape index (κ2) is 12.0. The molecular formula is C25H32ClF2NO2. The van der Waals surface area contributed by atoms with Gasteiger partial charge in [0.05, 0.1) is 19.8 Å². The summed E-state index contributed by atoms with van der Waals surface area (Å²) in [5.41, 5.74) is 3.56. The van der Waals surface area contributed by atoms with Gasteiger partial charge < -0.3 is 21.9 Å². The summed E-state index contributed by atoms with van der Waals surface area (Å²) < 4.78 is 41.8. The molecule has 3 nitrogen and oxygen atoms in total. The molecule has 0 fully saturated rings. The van der Waals surface area contributed by atoms with Gasteiger partial charge in [0, 0.05) is 18.4 Å². The van der Waals surface area contributed by atoms with E-state index in [0.29, 0.717) is 11.5 Å². The predicted octanol–water partition coefficient (Wildman–Crippen LogP) is 2.90. The van der Waals surface area contributed by atoms with Crippen LogP contribution in [0.1, 0.15) is 62.1 Å². The third kappa shape index (κ3) is 5.97. The van der Waals surface area contributed by atoms with Crippen LogP contribution in [0.3, 0.4) is 0 Å². The van der Waals surface area contributed by atoms with Gasteiger partial charge in [-0.3, -0.25) is 0 Å². The van der Waals surface area contributed by atoms with Crippen molar-refractivity contribution in [2.75, 3.05) is 20.8 Å². The average molecular weight is 452 g/mol. The van der Waals surface area contributed by atoms with Crippen LogP contribution in [0.5, 0.6) is 11.5 Å². The summed E-state index contributed by atoms with van der Waals surface area (Å²) >= 11 is 0. The molecular weight excluding hydrogens is 420 g/mol. The zero-order chi connectivity index (χ0) is 21.5. The highest BCUT2D eigenvalue weighted by Crippen LogP contribution is 2.33. The van der Waals surface area contributed by atoms with Crippen LogP contribution < -0.4 is 21.9 Å². The molecule has 0 aromatic heterocycles. The molecule has 31 heavy (non-hydrogen) atoms. The van der Waals surface area contributed by atoms with Crippen molar-refractivity contribution < 1.29 is 35.2 Å². The van der Waals surface area contributed by atoms with Crippen molar-refractivity contribution in [2.24, 2.45) is 0 Å². The van der Waals surface area contributed by atoms with Crippen LogP contribution in [-0.2, 0) is 13.0 Å². The van der Waals surface area contributed by atoms with Crippen molar-refractivity contribution >= 4 is 5.71 Å². The van der Waals surface area contributed by atoms with Crippen molar-refractivity contribution in [3.05, 3.63) is 58.7 Å². The van der Waals surface area contributed by atoms with Crippen molar-refractivity contribution in [3.63, 3.8) is 0 Å². The lowest BCUT2D eigenvalue weighted by Gasteiger charge is -2.21. The second-order valence-corrected chi connectivity index (χ2v) is 7.85. The lowest BCUT2D eigenvalue weighted by Crippen LogP contribution is -3.00. The first-order chi connectivity index (χ1) is 14.6. The fraction of sp³-hybridized carbons (Fsp3) is 0.480. The molecule has 1 heterocycles. The van der Waals surface area contributed by atoms with E-state index in [0.717, 1.165) is 43.5 Å². The van der Waals surface area contributed by atoms with Crippen LogP contribution in [0, 0.1) is 11.6 Å². The summed E-state index contributed by atoms with van der Waals surface area (Å²) in [6.45, 7) is 3.16. The average Bonchev–Trinajstić information content (AvgIpc) is 2.75. The first-order valence-electron chi connectivity index (χ1n) is 10.9. The molecule has 2 aromatic rings. The maximum atomic E-state index is 14.3. The van der Waals surface area contributed by atoms with Crippen molar-refractivity contribution in [3.8, 4) is 11.5 Å². The van der Waals surface area contributed by atoms with E-state index in [1.54, 1.807) is 14.2 Å². The highest BCUT2D eigenvalue weighted by atomic mass is 35.5. The molecule has 170 valence electrons. The lowest BCUT2D eigenvalue weighted by molar-refractivity contribution is -0.546. The summed E-state index contributed by atoms with van der Waals surface area (Å²) in [6, 6.07) is 8.12. The highest BCUT2D eigenvalue weighted by molar-refractivity contribution is 5.99. The van der Waals surface area contributed by atoms with Gasteiger partial charge in [-0.25, -0.2) is 13.4 Å². The smallest absolute Gasteiger partial charge is 0.184 e. The summed E-state index contributed by atoms with van der Waals surface area (Å²) in [5, 5.41) is 0. The zero-order valence-electron chi connectivity index (χ0n) is 18.6. The molecule has 3 rings (SSSR count). The van der Waals surface area contributed by atoms with E-state index in [4.69, 9.17) is 9.47 Å². The van der Waals surface area contributed by atoms with Crippen molar-refractivity contribution in [1.29, 1.82) is 0 Å². The van der Waals surface area contributed by atoms with Crippen LogP contribution in [-0.4, -0.2) is 31.1 Å². The standard InChI is InChI=1S/C25H32F2NO2.ClH/c1-4-5-6-7-8-12-23-19-16-25(30-3)24(29-2)15-18(19)13-14-28(23)17-20-21(26)10-9-11-22(20)27;/h9-11,15-16H,4-8,12-14,17H2,1-3H3;1H/q+1;/p-1. The van der Waals surface area contributed by atoms with E-state index < -0.39 is 11.6 Å². The molecule has 0 radical (unpaired) electrons. The van der Waals surface area contributed by atoms with E-state index in [-0.39, 0.29) is 24.5 Å². The minimum Gasteiger partial charge on any atom is -1.00 e. The molecule has 0 atom stereocenters. The normalized spacial score (nSPS) is 12.9. The SMILES string of the molecule is CCCCCCCC1=[N+](Cc2c(F)cccc2F)CCc2cc(OC)c(OC)cc21.[Cl-]. The number of halogens is 3. The monoisotopic (exact) mass is 451 g/mol. The van der Waals surface area contributed by atoms with Gasteiger partial charge in [-0.15, -0.1) is 0 Å². The Kier molecular flexibility index (Phi) is 9.76. The number of fused-ring (bicyclic) bond motifs is 1. The van der Waals surface area contributed by atoms with E-state index in [1.165, 1.54) is 43.0 Å². The van der Waals surface area contributed by atoms with Crippen LogP contribution in [0.25, 0.3) is 0 Å². The lowest BCUT2D eigenvalue weighted by atomic mass is 9.92. The van der Waals surface area contributed by atoms with Gasteiger partial charge in [0.1, 0.15) is 18.2 Å². The molecule has 6 heteroatoms. The van der Waals surface area contributed by atoms with Crippen LogP contribution >= 0.6 is 0 Å². The molecule has 0 spiro atoms. The minimum atomic E-state index is -0.490. The summed E-state index contributed by atoms with van der Waals surface area (Å²) in [6.07, 6.45) is 7.54. The molecule has 0 saturated carbocycles. The van der Waals surface area contributed by atoms with E-state index >= 15 is 0 Å². The van der Waals surface area contributed by atoms with Gasteiger partial charge in [0.15, 0.2) is 23.8 Å². The Morgan fingerprint density at radius 1 is 0.935 bits per heavy atom. The minimum absolute atomic E-state index is 0. The highest BCUT2D eigenvalue weighted by Gasteiger charge is 2.29. The molecule has 1 aliphatic rings. The van der Waals surface area contributed by atoms with Gasteiger partial charge in [-0.2, -0.15) is 0 Å². The Balaban J connectivity index is 0.00000341. The molecule has 1 aliphatic heterocycles. The maximum Gasteiger partial charge on any atom is 0.184 e. The van der Waals surface area contributed by atoms with Crippen LogP contribution in [0.15, 0.2) is 30.3 Å². The van der Waals surface area contributed by atoms with Gasteiger partial charge >= 0.3 is 0 Å². The Morgan fingerprint density at radius 3 is 2.23 bits per heavy atom. The number of benzene rings is 2. The van der Waals surface area contributed by atoms with Crippen molar-refractivity contribution in [1.82, 2.24) is 0 Å². The molecule has 0 unspecified atom stereocenters. The Hall–Kier alpha value is -2.14. The number of unbranched alkanes of at least 4 members (excludes halogenated alkanes) is 4. The fourth-order valence-electron chi connectivity index (χ4n) is 4.19. The first kappa shape index (κ1) is 25.1. The number of ether oxygens (including phenoxy) is 2. The quantitative estimate of drug-likeness (QED) is 0.409. The molecule has 0 bridgehead atoms. The van der Waals surface area contributed by atoms with Crippen molar-refractivity contribution in [2.45, 2.75) is 58.4 Å². The van der Waals surface area contributed by atoms with E-state index in [9.17, 15) is 8.78 Å². The van der Waals surface area contributed by atoms with Gasteiger partial charge in [0.25, 0.3) is 0 Å². The third-order valence-electron chi connectivity index (χ3n) is 5.88. The number of methoxy groups -OCH3 is 2. The summed E-state index contributed by atoms with van der Waals surface area (Å²) in [4.78, 5) is 0. The Morgan fingerprint density at radius 2 is 1.58 bits per heavy atom.